The predicted octanol–water partition coefficient (Wildman–Crippen LogP) is 2.13. The molecule has 2 aromatic rings. The highest BCUT2D eigenvalue weighted by atomic mass is 32.2. The molecule has 0 unspecified atom stereocenters. The Balaban J connectivity index is 1.55. The zero-order chi connectivity index (χ0) is 20.3. The number of benzene rings is 2. The molecule has 0 atom stereocenters. The van der Waals surface area contributed by atoms with Crippen LogP contribution in [0.1, 0.15) is 28.8 Å². The van der Waals surface area contributed by atoms with Crippen molar-refractivity contribution in [2.75, 3.05) is 18.4 Å². The number of nitrogens with zero attached hydrogens (tertiary/aromatic N) is 1. The maximum atomic E-state index is 12.6. The Bertz CT molecular complexity index is 962. The molecule has 1 aliphatic heterocycles. The molecule has 0 aromatic heterocycles. The van der Waals surface area contributed by atoms with Crippen molar-refractivity contribution in [2.45, 2.75) is 24.7 Å². The lowest BCUT2D eigenvalue weighted by molar-refractivity contribution is -0.121. The zero-order valence-electron chi connectivity index (χ0n) is 15.6. The van der Waals surface area contributed by atoms with E-state index in [2.05, 4.69) is 5.32 Å². The molecule has 0 saturated carbocycles. The summed E-state index contributed by atoms with van der Waals surface area (Å²) in [4.78, 5) is 26.8. The lowest BCUT2D eigenvalue weighted by atomic mass is 9.95. The number of carbonyl (C=O) groups is 2. The fourth-order valence-corrected chi connectivity index (χ4v) is 3.71. The molecule has 3 N–H and O–H groups in total. The lowest BCUT2D eigenvalue weighted by Crippen LogP contribution is -2.41. The number of primary sulfonamides is 1. The first kappa shape index (κ1) is 20.0. The Hall–Kier alpha value is -2.71. The average Bonchev–Trinajstić information content (AvgIpc) is 2.68. The maximum Gasteiger partial charge on any atom is 0.253 e. The van der Waals surface area contributed by atoms with Gasteiger partial charge in [0.15, 0.2) is 0 Å². The minimum Gasteiger partial charge on any atom is -0.339 e. The Morgan fingerprint density at radius 3 is 2.11 bits per heavy atom. The molecule has 1 saturated heterocycles. The zero-order valence-corrected chi connectivity index (χ0v) is 16.4. The topological polar surface area (TPSA) is 110 Å². The largest absolute Gasteiger partial charge is 0.339 e. The van der Waals surface area contributed by atoms with E-state index >= 15 is 0 Å². The summed E-state index contributed by atoms with van der Waals surface area (Å²) in [5, 5.41) is 7.86. The molecule has 0 radical (unpaired) electrons. The first-order valence-corrected chi connectivity index (χ1v) is 10.6. The third-order valence-corrected chi connectivity index (χ3v) is 5.83. The third kappa shape index (κ3) is 4.76. The summed E-state index contributed by atoms with van der Waals surface area (Å²) in [7, 11) is -3.76. The third-order valence-electron chi connectivity index (χ3n) is 4.90. The van der Waals surface area contributed by atoms with E-state index in [4.69, 9.17) is 5.14 Å². The molecule has 28 heavy (non-hydrogen) atoms. The summed E-state index contributed by atoms with van der Waals surface area (Å²) in [6, 6.07) is 13.2. The fraction of sp³-hybridized carbons (Fsp3) is 0.300. The van der Waals surface area contributed by atoms with E-state index in [1.165, 1.54) is 24.3 Å². The van der Waals surface area contributed by atoms with Gasteiger partial charge >= 0.3 is 0 Å². The van der Waals surface area contributed by atoms with Gasteiger partial charge in [0.2, 0.25) is 15.9 Å². The molecule has 2 amide bonds. The van der Waals surface area contributed by atoms with Crippen LogP contribution in [0.5, 0.6) is 0 Å². The monoisotopic (exact) mass is 401 g/mol. The summed E-state index contributed by atoms with van der Waals surface area (Å²) in [5.74, 6) is -0.344. The van der Waals surface area contributed by atoms with Crippen LogP contribution in [-0.4, -0.2) is 38.2 Å². The van der Waals surface area contributed by atoms with Gasteiger partial charge in [-0.05, 0) is 56.2 Å². The lowest BCUT2D eigenvalue weighted by Gasteiger charge is -2.31. The molecule has 1 fully saturated rings. The standard InChI is InChI=1S/C20H23N3O4S/c1-14-2-4-16(5-3-14)20(25)23-12-10-15(11-13-23)19(24)22-17-6-8-18(9-7-17)28(21,26)27/h2-9,15H,10-13H2,1H3,(H,22,24)(H2,21,26,27). The van der Waals surface area contributed by atoms with Crippen molar-refractivity contribution in [3.8, 4) is 0 Å². The Kier molecular flexibility index (Phi) is 5.81. The van der Waals surface area contributed by atoms with Crippen LogP contribution in [0, 0.1) is 12.8 Å². The van der Waals surface area contributed by atoms with Gasteiger partial charge in [-0.25, -0.2) is 13.6 Å². The van der Waals surface area contributed by atoms with Crippen molar-refractivity contribution in [2.24, 2.45) is 11.1 Å². The minimum atomic E-state index is -3.76. The Morgan fingerprint density at radius 2 is 1.57 bits per heavy atom. The van der Waals surface area contributed by atoms with Crippen molar-refractivity contribution in [1.82, 2.24) is 4.90 Å². The minimum absolute atomic E-state index is 0.00609. The number of hydrogen-bond acceptors (Lipinski definition) is 4. The maximum absolute atomic E-state index is 12.6. The fourth-order valence-electron chi connectivity index (χ4n) is 3.20. The highest BCUT2D eigenvalue weighted by Crippen LogP contribution is 2.22. The first-order valence-electron chi connectivity index (χ1n) is 9.04. The molecular formula is C20H23N3O4S. The number of carbonyl (C=O) groups excluding carboxylic acids is 2. The summed E-state index contributed by atoms with van der Waals surface area (Å²) >= 11 is 0. The van der Waals surface area contributed by atoms with Gasteiger partial charge < -0.3 is 10.2 Å². The molecular weight excluding hydrogens is 378 g/mol. The second-order valence-electron chi connectivity index (χ2n) is 6.99. The van der Waals surface area contributed by atoms with Gasteiger partial charge in [-0.15, -0.1) is 0 Å². The highest BCUT2D eigenvalue weighted by molar-refractivity contribution is 7.89. The highest BCUT2D eigenvalue weighted by Gasteiger charge is 2.28. The molecule has 2 aromatic carbocycles. The molecule has 0 aliphatic carbocycles. The van der Waals surface area contributed by atoms with Crippen LogP contribution in [-0.2, 0) is 14.8 Å². The number of rotatable bonds is 4. The summed E-state index contributed by atoms with van der Waals surface area (Å²) in [6.07, 6.45) is 1.16. The van der Waals surface area contributed by atoms with Gasteiger partial charge in [-0.1, -0.05) is 17.7 Å². The van der Waals surface area contributed by atoms with Crippen molar-refractivity contribution < 1.29 is 18.0 Å². The number of piperidine rings is 1. The molecule has 148 valence electrons. The second-order valence-corrected chi connectivity index (χ2v) is 8.55. The van der Waals surface area contributed by atoms with E-state index in [1.807, 2.05) is 31.2 Å². The summed E-state index contributed by atoms with van der Waals surface area (Å²) in [5.41, 5.74) is 2.27. The van der Waals surface area contributed by atoms with E-state index in [0.29, 0.717) is 37.2 Å². The predicted molar refractivity (Wildman–Crippen MR) is 106 cm³/mol. The summed E-state index contributed by atoms with van der Waals surface area (Å²) in [6.45, 7) is 3.02. The quantitative estimate of drug-likeness (QED) is 0.818. The van der Waals surface area contributed by atoms with E-state index in [-0.39, 0.29) is 22.6 Å². The van der Waals surface area contributed by atoms with Crippen LogP contribution in [0.15, 0.2) is 53.4 Å². The molecule has 7 nitrogen and oxygen atoms in total. The molecule has 3 rings (SSSR count). The van der Waals surface area contributed by atoms with Crippen LogP contribution < -0.4 is 10.5 Å². The van der Waals surface area contributed by atoms with Crippen LogP contribution in [0.4, 0.5) is 5.69 Å². The Morgan fingerprint density at radius 1 is 1.00 bits per heavy atom. The number of hydrogen-bond donors (Lipinski definition) is 2. The van der Waals surface area contributed by atoms with Crippen LogP contribution in [0.25, 0.3) is 0 Å². The van der Waals surface area contributed by atoms with Gasteiger partial charge in [-0.2, -0.15) is 0 Å². The number of amides is 2. The SMILES string of the molecule is Cc1ccc(C(=O)N2CCC(C(=O)Nc3ccc(S(N)(=O)=O)cc3)CC2)cc1. The smallest absolute Gasteiger partial charge is 0.253 e. The molecule has 1 heterocycles. The number of anilines is 1. The van der Waals surface area contributed by atoms with Gasteiger partial charge in [0.1, 0.15) is 0 Å². The Labute approximate surface area is 164 Å². The van der Waals surface area contributed by atoms with Crippen molar-refractivity contribution in [3.63, 3.8) is 0 Å². The number of aryl methyl sites for hydroxylation is 1. The van der Waals surface area contributed by atoms with Crippen LogP contribution in [0.3, 0.4) is 0 Å². The van der Waals surface area contributed by atoms with E-state index in [1.54, 1.807) is 4.90 Å². The number of nitrogens with two attached hydrogens (primary N) is 1. The van der Waals surface area contributed by atoms with Crippen molar-refractivity contribution in [3.05, 3.63) is 59.7 Å². The van der Waals surface area contributed by atoms with E-state index < -0.39 is 10.0 Å². The number of sulfonamides is 1. The van der Waals surface area contributed by atoms with Gasteiger partial charge in [-0.3, -0.25) is 9.59 Å². The van der Waals surface area contributed by atoms with Gasteiger partial charge in [0.25, 0.3) is 5.91 Å². The van der Waals surface area contributed by atoms with E-state index in [0.717, 1.165) is 5.56 Å². The molecule has 1 aliphatic rings. The second kappa shape index (κ2) is 8.12. The number of likely N-dealkylation sites (tertiary alicyclic amines) is 1. The molecule has 8 heteroatoms. The molecule has 0 spiro atoms. The average molecular weight is 401 g/mol. The first-order chi connectivity index (χ1) is 13.2. The number of nitrogens with one attached hydrogen (secondary N) is 1. The normalized spacial score (nSPS) is 15.3. The summed E-state index contributed by atoms with van der Waals surface area (Å²) < 4.78 is 22.6. The van der Waals surface area contributed by atoms with Crippen LogP contribution in [0.2, 0.25) is 0 Å². The van der Waals surface area contributed by atoms with E-state index in [9.17, 15) is 18.0 Å². The van der Waals surface area contributed by atoms with Gasteiger partial charge in [0, 0.05) is 30.3 Å². The van der Waals surface area contributed by atoms with Crippen molar-refractivity contribution >= 4 is 27.5 Å². The van der Waals surface area contributed by atoms with Crippen LogP contribution >= 0.6 is 0 Å². The van der Waals surface area contributed by atoms with Gasteiger partial charge in [0.05, 0.1) is 4.90 Å². The van der Waals surface area contributed by atoms with Crippen molar-refractivity contribution in [1.29, 1.82) is 0 Å². The molecule has 0 bridgehead atoms.